The van der Waals surface area contributed by atoms with E-state index in [2.05, 4.69) is 5.32 Å². The van der Waals surface area contributed by atoms with Crippen LogP contribution in [-0.2, 0) is 6.54 Å². The van der Waals surface area contributed by atoms with Crippen molar-refractivity contribution >= 4 is 0 Å². The Morgan fingerprint density at radius 3 is 2.65 bits per heavy atom. The molecular weight excluding hydrogens is 224 g/mol. The minimum atomic E-state index is -0.571. The summed E-state index contributed by atoms with van der Waals surface area (Å²) in [4.78, 5) is 0. The quantitative estimate of drug-likeness (QED) is 0.828. The maximum Gasteiger partial charge on any atom is 0.130 e. The van der Waals surface area contributed by atoms with Crippen LogP contribution in [0.5, 0.6) is 0 Å². The second-order valence-electron chi connectivity index (χ2n) is 4.94. The van der Waals surface area contributed by atoms with Crippen LogP contribution in [0.15, 0.2) is 18.2 Å². The molecule has 1 fully saturated rings. The van der Waals surface area contributed by atoms with Crippen LogP contribution in [-0.4, -0.2) is 17.3 Å². The second kappa shape index (κ2) is 4.70. The molecule has 0 bridgehead atoms. The third-order valence-corrected chi connectivity index (χ3v) is 3.50. The van der Waals surface area contributed by atoms with Crippen LogP contribution in [0.25, 0.3) is 0 Å². The summed E-state index contributed by atoms with van der Waals surface area (Å²) in [5, 5.41) is 12.5. The highest BCUT2D eigenvalue weighted by Gasteiger charge is 2.40. The minimum absolute atomic E-state index is 0.0283. The van der Waals surface area contributed by atoms with Crippen molar-refractivity contribution in [1.82, 2.24) is 5.32 Å². The molecule has 0 saturated heterocycles. The average molecular weight is 241 g/mol. The van der Waals surface area contributed by atoms with Crippen molar-refractivity contribution in [3.05, 3.63) is 35.4 Å². The Kier molecular flexibility index (Phi) is 3.45. The highest BCUT2D eigenvalue weighted by Crippen LogP contribution is 2.39. The molecule has 0 aromatic heterocycles. The van der Waals surface area contributed by atoms with Gasteiger partial charge < -0.3 is 10.4 Å². The highest BCUT2D eigenvalue weighted by molar-refractivity contribution is 5.18. The molecule has 1 saturated carbocycles. The van der Waals surface area contributed by atoms with E-state index in [1.165, 1.54) is 12.1 Å². The van der Waals surface area contributed by atoms with Crippen molar-refractivity contribution in [2.75, 3.05) is 6.61 Å². The van der Waals surface area contributed by atoms with Gasteiger partial charge >= 0.3 is 0 Å². The topological polar surface area (TPSA) is 32.3 Å². The third kappa shape index (κ3) is 2.82. The van der Waals surface area contributed by atoms with E-state index in [0.717, 1.165) is 18.9 Å². The molecule has 94 valence electrons. The van der Waals surface area contributed by atoms with E-state index in [1.54, 1.807) is 0 Å². The second-order valence-corrected chi connectivity index (χ2v) is 4.94. The van der Waals surface area contributed by atoms with Crippen LogP contribution in [0.4, 0.5) is 8.78 Å². The number of aliphatic hydroxyl groups excluding tert-OH is 1. The molecule has 2 nitrogen and oxygen atoms in total. The van der Waals surface area contributed by atoms with Gasteiger partial charge in [-0.05, 0) is 31.7 Å². The molecule has 1 aromatic carbocycles. The van der Waals surface area contributed by atoms with Gasteiger partial charge in [0.25, 0.3) is 0 Å². The van der Waals surface area contributed by atoms with Crippen LogP contribution in [0, 0.1) is 17.6 Å². The predicted molar refractivity (Wildman–Crippen MR) is 61.4 cm³/mol. The van der Waals surface area contributed by atoms with Crippen molar-refractivity contribution in [1.29, 1.82) is 0 Å². The average Bonchev–Trinajstić information content (AvgIpc) is 3.11. The Labute approximate surface area is 99.7 Å². The molecule has 1 atom stereocenters. The Morgan fingerprint density at radius 2 is 2.12 bits per heavy atom. The molecule has 1 aliphatic rings. The first kappa shape index (κ1) is 12.5. The van der Waals surface area contributed by atoms with Crippen molar-refractivity contribution in [3.8, 4) is 0 Å². The van der Waals surface area contributed by atoms with Crippen molar-refractivity contribution in [2.24, 2.45) is 5.92 Å². The lowest BCUT2D eigenvalue weighted by Crippen LogP contribution is -2.47. The number of rotatable bonds is 5. The number of aliphatic hydroxyl groups is 1. The number of nitrogens with one attached hydrogen (secondary N) is 1. The molecule has 1 unspecified atom stereocenters. The van der Waals surface area contributed by atoms with Crippen LogP contribution >= 0.6 is 0 Å². The first-order valence-corrected chi connectivity index (χ1v) is 5.85. The molecule has 2 N–H and O–H groups in total. The molecule has 2 rings (SSSR count). The van der Waals surface area contributed by atoms with Gasteiger partial charge in [0.05, 0.1) is 6.61 Å². The summed E-state index contributed by atoms with van der Waals surface area (Å²) < 4.78 is 26.1. The van der Waals surface area contributed by atoms with E-state index in [1.807, 2.05) is 6.92 Å². The lowest BCUT2D eigenvalue weighted by Gasteiger charge is -2.29. The van der Waals surface area contributed by atoms with Crippen LogP contribution < -0.4 is 5.32 Å². The summed E-state index contributed by atoms with van der Waals surface area (Å²) >= 11 is 0. The number of halogens is 2. The largest absolute Gasteiger partial charge is 0.394 e. The van der Waals surface area contributed by atoms with Gasteiger partial charge in [-0.2, -0.15) is 0 Å². The maximum atomic E-state index is 13.4. The Balaban J connectivity index is 2.01. The van der Waals surface area contributed by atoms with Gasteiger partial charge in [0, 0.05) is 23.7 Å². The zero-order valence-electron chi connectivity index (χ0n) is 9.84. The van der Waals surface area contributed by atoms with Crippen LogP contribution in [0.3, 0.4) is 0 Å². The minimum Gasteiger partial charge on any atom is -0.394 e. The van der Waals surface area contributed by atoms with Gasteiger partial charge in [-0.15, -0.1) is 0 Å². The molecule has 17 heavy (non-hydrogen) atoms. The van der Waals surface area contributed by atoms with Crippen molar-refractivity contribution in [2.45, 2.75) is 31.8 Å². The molecule has 1 aliphatic carbocycles. The van der Waals surface area contributed by atoms with Gasteiger partial charge in [0.2, 0.25) is 0 Å². The van der Waals surface area contributed by atoms with E-state index in [-0.39, 0.29) is 12.1 Å². The Morgan fingerprint density at radius 1 is 1.41 bits per heavy atom. The SMILES string of the molecule is CC(CO)(NCc1ccc(F)cc1F)C1CC1. The number of hydrogen-bond donors (Lipinski definition) is 2. The summed E-state index contributed by atoms with van der Waals surface area (Å²) in [6, 6.07) is 3.56. The summed E-state index contributed by atoms with van der Waals surface area (Å²) in [5.41, 5.74) is 0.0626. The summed E-state index contributed by atoms with van der Waals surface area (Å²) in [5.74, 6) is -0.664. The molecule has 0 spiro atoms. The fourth-order valence-corrected chi connectivity index (χ4v) is 2.01. The number of benzene rings is 1. The van der Waals surface area contributed by atoms with E-state index < -0.39 is 11.6 Å². The fraction of sp³-hybridized carbons (Fsp3) is 0.538. The van der Waals surface area contributed by atoms with E-state index in [4.69, 9.17) is 0 Å². The van der Waals surface area contributed by atoms with Gasteiger partial charge in [-0.3, -0.25) is 0 Å². The molecule has 0 aliphatic heterocycles. The molecule has 0 radical (unpaired) electrons. The summed E-state index contributed by atoms with van der Waals surface area (Å²) in [7, 11) is 0. The monoisotopic (exact) mass is 241 g/mol. The van der Waals surface area contributed by atoms with Gasteiger partial charge in [-0.1, -0.05) is 6.07 Å². The predicted octanol–water partition coefficient (Wildman–Crippen LogP) is 2.22. The lowest BCUT2D eigenvalue weighted by atomic mass is 9.96. The normalized spacial score (nSPS) is 19.1. The van der Waals surface area contributed by atoms with Crippen molar-refractivity contribution in [3.63, 3.8) is 0 Å². The van der Waals surface area contributed by atoms with Crippen LogP contribution in [0.2, 0.25) is 0 Å². The van der Waals surface area contributed by atoms with Gasteiger partial charge in [0.15, 0.2) is 0 Å². The Bertz CT molecular complexity index is 406. The molecule has 4 heteroatoms. The molecular formula is C13H17F2NO. The van der Waals surface area contributed by atoms with E-state index >= 15 is 0 Å². The third-order valence-electron chi connectivity index (χ3n) is 3.50. The van der Waals surface area contributed by atoms with Gasteiger partial charge in [0.1, 0.15) is 11.6 Å². The molecule has 1 aromatic rings. The zero-order valence-corrected chi connectivity index (χ0v) is 9.84. The first-order valence-electron chi connectivity index (χ1n) is 5.85. The van der Waals surface area contributed by atoms with Crippen molar-refractivity contribution < 1.29 is 13.9 Å². The molecule has 0 heterocycles. The fourth-order valence-electron chi connectivity index (χ4n) is 2.01. The number of hydrogen-bond acceptors (Lipinski definition) is 2. The highest BCUT2D eigenvalue weighted by atomic mass is 19.1. The standard InChI is InChI=1S/C13H17F2NO/c1-13(8-17,10-3-4-10)16-7-9-2-5-11(14)6-12(9)15/h2,5-6,10,16-17H,3-4,7-8H2,1H3. The summed E-state index contributed by atoms with van der Waals surface area (Å²) in [6.07, 6.45) is 2.19. The lowest BCUT2D eigenvalue weighted by molar-refractivity contribution is 0.153. The maximum absolute atomic E-state index is 13.4. The van der Waals surface area contributed by atoms with Crippen LogP contribution in [0.1, 0.15) is 25.3 Å². The van der Waals surface area contributed by atoms with Gasteiger partial charge in [-0.25, -0.2) is 8.78 Å². The van der Waals surface area contributed by atoms with E-state index in [9.17, 15) is 13.9 Å². The first-order chi connectivity index (χ1) is 8.05. The Hall–Kier alpha value is -1.00. The smallest absolute Gasteiger partial charge is 0.130 e. The van der Waals surface area contributed by atoms with E-state index in [0.29, 0.717) is 18.0 Å². The molecule has 0 amide bonds. The summed E-state index contributed by atoms with van der Waals surface area (Å²) in [6.45, 7) is 2.27. The zero-order chi connectivity index (χ0) is 12.5.